The van der Waals surface area contributed by atoms with Gasteiger partial charge in [0.05, 0.1) is 27.0 Å². The van der Waals surface area contributed by atoms with Crippen LogP contribution in [0.3, 0.4) is 0 Å². The second kappa shape index (κ2) is 7.92. The van der Waals surface area contributed by atoms with Crippen LogP contribution in [0.4, 0.5) is 4.39 Å². The third kappa shape index (κ3) is 3.93. The zero-order valence-corrected chi connectivity index (χ0v) is 16.0. The van der Waals surface area contributed by atoms with Crippen LogP contribution < -0.4 is 5.56 Å². The fourth-order valence-corrected chi connectivity index (χ4v) is 3.79. The average Bonchev–Trinajstić information content (AvgIpc) is 3.23. The molecule has 0 aliphatic heterocycles. The molecular weight excluding hydrogens is 393 g/mol. The van der Waals surface area contributed by atoms with Gasteiger partial charge in [-0.25, -0.2) is 9.37 Å². The van der Waals surface area contributed by atoms with E-state index in [4.69, 9.17) is 5.11 Å². The fourth-order valence-electron chi connectivity index (χ4n) is 3.17. The maximum absolute atomic E-state index is 13.4. The predicted octanol–water partition coefficient (Wildman–Crippen LogP) is 4.06. The van der Waals surface area contributed by atoms with Crippen molar-refractivity contribution in [2.75, 3.05) is 0 Å². The van der Waals surface area contributed by atoms with Crippen molar-refractivity contribution in [2.24, 2.45) is 0 Å². The van der Waals surface area contributed by atoms with Crippen LogP contribution in [0.1, 0.15) is 18.7 Å². The van der Waals surface area contributed by atoms with Crippen LogP contribution in [0.5, 0.6) is 0 Å². The average molecular weight is 409 g/mol. The molecule has 0 spiro atoms. The third-order valence-electron chi connectivity index (χ3n) is 4.53. The number of rotatable bonds is 6. The largest absolute Gasteiger partial charge is 0.481 e. The van der Waals surface area contributed by atoms with Crippen molar-refractivity contribution in [3.8, 4) is 16.1 Å². The maximum atomic E-state index is 13.4. The standard InChI is InChI=1S/C21H16FN3O3S/c22-14-5-7-15(8-6-14)25-19(2-1-3-20(26)27)24-17-10-13(18-11-23-12-29-18)4-9-16(17)21(25)28/h4-12H,1-3H2,(H,26,27). The van der Waals surface area contributed by atoms with E-state index in [-0.39, 0.29) is 12.0 Å². The lowest BCUT2D eigenvalue weighted by Gasteiger charge is -2.14. The Bertz CT molecular complexity index is 1230. The lowest BCUT2D eigenvalue weighted by Crippen LogP contribution is -2.24. The molecule has 0 saturated carbocycles. The molecule has 2 aromatic heterocycles. The van der Waals surface area contributed by atoms with E-state index >= 15 is 0 Å². The van der Waals surface area contributed by atoms with Gasteiger partial charge in [-0.1, -0.05) is 6.07 Å². The number of carboxylic acid groups (broad SMARTS) is 1. The molecular formula is C21H16FN3O3S. The highest BCUT2D eigenvalue weighted by molar-refractivity contribution is 7.13. The molecule has 4 aromatic rings. The Kier molecular flexibility index (Phi) is 5.18. The molecule has 8 heteroatoms. The summed E-state index contributed by atoms with van der Waals surface area (Å²) in [4.78, 5) is 33.8. The van der Waals surface area contributed by atoms with Crippen molar-refractivity contribution in [1.82, 2.24) is 14.5 Å². The lowest BCUT2D eigenvalue weighted by molar-refractivity contribution is -0.137. The summed E-state index contributed by atoms with van der Waals surface area (Å²) in [5.41, 5.74) is 3.38. The Morgan fingerprint density at radius 1 is 1.17 bits per heavy atom. The van der Waals surface area contributed by atoms with Crippen LogP contribution in [-0.4, -0.2) is 25.6 Å². The molecule has 0 radical (unpaired) electrons. The summed E-state index contributed by atoms with van der Waals surface area (Å²) in [5.74, 6) is -0.872. The van der Waals surface area contributed by atoms with Crippen LogP contribution in [0.15, 0.2) is 59.0 Å². The highest BCUT2D eigenvalue weighted by Crippen LogP contribution is 2.26. The van der Waals surface area contributed by atoms with E-state index in [2.05, 4.69) is 9.97 Å². The van der Waals surface area contributed by atoms with E-state index in [1.807, 2.05) is 12.1 Å². The second-order valence-corrected chi connectivity index (χ2v) is 7.38. The van der Waals surface area contributed by atoms with Gasteiger partial charge in [-0.2, -0.15) is 0 Å². The molecule has 1 N–H and O–H groups in total. The summed E-state index contributed by atoms with van der Waals surface area (Å²) in [6.07, 6.45) is 2.36. The Morgan fingerprint density at radius 2 is 1.97 bits per heavy atom. The number of benzene rings is 2. The molecule has 2 heterocycles. The minimum Gasteiger partial charge on any atom is -0.481 e. The monoisotopic (exact) mass is 409 g/mol. The molecule has 2 aromatic carbocycles. The topological polar surface area (TPSA) is 85.1 Å². The smallest absolute Gasteiger partial charge is 0.303 e. The molecule has 0 bridgehead atoms. The van der Waals surface area contributed by atoms with E-state index in [0.29, 0.717) is 35.3 Å². The van der Waals surface area contributed by atoms with E-state index < -0.39 is 11.8 Å². The Balaban J connectivity index is 1.88. The molecule has 146 valence electrons. The van der Waals surface area contributed by atoms with E-state index in [9.17, 15) is 14.0 Å². The van der Waals surface area contributed by atoms with E-state index in [0.717, 1.165) is 10.4 Å². The van der Waals surface area contributed by atoms with Crippen molar-refractivity contribution in [3.63, 3.8) is 0 Å². The predicted molar refractivity (Wildman–Crippen MR) is 109 cm³/mol. The quantitative estimate of drug-likeness (QED) is 0.519. The van der Waals surface area contributed by atoms with Gasteiger partial charge in [-0.3, -0.25) is 19.1 Å². The molecule has 0 saturated heterocycles. The molecule has 29 heavy (non-hydrogen) atoms. The number of thiazole rings is 1. The Morgan fingerprint density at radius 3 is 2.66 bits per heavy atom. The van der Waals surface area contributed by atoms with Crippen LogP contribution in [0.25, 0.3) is 27.0 Å². The van der Waals surface area contributed by atoms with Crippen LogP contribution in [0, 0.1) is 5.82 Å². The van der Waals surface area contributed by atoms with E-state index in [1.165, 1.54) is 40.2 Å². The van der Waals surface area contributed by atoms with Crippen LogP contribution >= 0.6 is 11.3 Å². The molecule has 0 fully saturated rings. The van der Waals surface area contributed by atoms with Crippen LogP contribution in [-0.2, 0) is 11.2 Å². The van der Waals surface area contributed by atoms with Gasteiger partial charge in [0, 0.05) is 19.0 Å². The third-order valence-corrected chi connectivity index (χ3v) is 5.35. The normalized spacial score (nSPS) is 11.1. The van der Waals surface area contributed by atoms with E-state index in [1.54, 1.807) is 17.8 Å². The van der Waals surface area contributed by atoms with Crippen molar-refractivity contribution in [3.05, 3.63) is 76.2 Å². The summed E-state index contributed by atoms with van der Waals surface area (Å²) >= 11 is 1.49. The first kappa shape index (κ1) is 18.9. The molecule has 0 amide bonds. The molecule has 0 aliphatic rings. The number of nitrogens with zero attached hydrogens (tertiary/aromatic N) is 3. The summed E-state index contributed by atoms with van der Waals surface area (Å²) < 4.78 is 14.8. The summed E-state index contributed by atoms with van der Waals surface area (Å²) in [7, 11) is 0. The number of halogens is 1. The van der Waals surface area contributed by atoms with Crippen LogP contribution in [0.2, 0.25) is 0 Å². The second-order valence-electron chi connectivity index (χ2n) is 6.49. The number of aliphatic carboxylic acids is 1. The number of aromatic nitrogens is 3. The number of aryl methyl sites for hydroxylation is 1. The van der Waals surface area contributed by atoms with Gasteiger partial charge in [-0.15, -0.1) is 11.3 Å². The number of carboxylic acids is 1. The zero-order chi connectivity index (χ0) is 20.4. The first-order valence-corrected chi connectivity index (χ1v) is 9.83. The minimum atomic E-state index is -0.908. The molecule has 4 rings (SSSR count). The first-order valence-electron chi connectivity index (χ1n) is 8.95. The Hall–Kier alpha value is -3.39. The SMILES string of the molecule is O=C(O)CCCc1nc2cc(-c3cncs3)ccc2c(=O)n1-c1ccc(F)cc1. The number of fused-ring (bicyclic) bond motifs is 1. The highest BCUT2D eigenvalue weighted by atomic mass is 32.1. The summed E-state index contributed by atoms with van der Waals surface area (Å²) in [5, 5.41) is 9.38. The number of carbonyl (C=O) groups is 1. The number of hydrogen-bond donors (Lipinski definition) is 1. The lowest BCUT2D eigenvalue weighted by atomic mass is 10.1. The van der Waals surface area contributed by atoms with Gasteiger partial charge in [0.2, 0.25) is 0 Å². The van der Waals surface area contributed by atoms with Gasteiger partial charge in [0.1, 0.15) is 11.6 Å². The fraction of sp³-hybridized carbons (Fsp3) is 0.143. The molecule has 0 atom stereocenters. The van der Waals surface area contributed by atoms with Crippen molar-refractivity contribution >= 4 is 28.2 Å². The highest BCUT2D eigenvalue weighted by Gasteiger charge is 2.14. The molecule has 0 unspecified atom stereocenters. The van der Waals surface area contributed by atoms with Gasteiger partial charge < -0.3 is 5.11 Å². The van der Waals surface area contributed by atoms with Gasteiger partial charge in [0.15, 0.2) is 0 Å². The minimum absolute atomic E-state index is 0.0295. The van der Waals surface area contributed by atoms with Gasteiger partial charge >= 0.3 is 5.97 Å². The van der Waals surface area contributed by atoms with Crippen molar-refractivity contribution in [1.29, 1.82) is 0 Å². The van der Waals surface area contributed by atoms with Crippen molar-refractivity contribution in [2.45, 2.75) is 19.3 Å². The summed E-state index contributed by atoms with van der Waals surface area (Å²) in [6.45, 7) is 0. The molecule has 0 aliphatic carbocycles. The zero-order valence-electron chi connectivity index (χ0n) is 15.2. The van der Waals surface area contributed by atoms with Gasteiger partial charge in [-0.05, 0) is 48.4 Å². The van der Waals surface area contributed by atoms with Gasteiger partial charge in [0.25, 0.3) is 5.56 Å². The number of hydrogen-bond acceptors (Lipinski definition) is 5. The maximum Gasteiger partial charge on any atom is 0.303 e. The molecule has 6 nitrogen and oxygen atoms in total. The Labute approximate surface area is 168 Å². The van der Waals surface area contributed by atoms with Crippen molar-refractivity contribution < 1.29 is 14.3 Å². The first-order chi connectivity index (χ1) is 14.0. The summed E-state index contributed by atoms with van der Waals surface area (Å²) in [6, 6.07) is 11.0.